The van der Waals surface area contributed by atoms with E-state index in [1.165, 1.54) is 17.8 Å². The van der Waals surface area contributed by atoms with Gasteiger partial charge in [-0.25, -0.2) is 4.39 Å². The standard InChI is InChI=1S/C12H15F4NS/c1-17-9(6-7-12(14,15)16)8-18-11-5-3-2-4-10(11)13/h2-5,9,17H,6-8H2,1H3. The maximum Gasteiger partial charge on any atom is 0.389 e. The summed E-state index contributed by atoms with van der Waals surface area (Å²) in [6.45, 7) is 0. The Morgan fingerprint density at radius 3 is 2.50 bits per heavy atom. The average molecular weight is 281 g/mol. The summed E-state index contributed by atoms with van der Waals surface area (Å²) in [4.78, 5) is 0.463. The largest absolute Gasteiger partial charge is 0.389 e. The lowest BCUT2D eigenvalue weighted by Gasteiger charge is -2.16. The predicted octanol–water partition coefficient (Wildman–Crippen LogP) is 3.85. The summed E-state index contributed by atoms with van der Waals surface area (Å²) in [5, 5.41) is 2.82. The Kier molecular flexibility index (Phi) is 5.95. The van der Waals surface area contributed by atoms with Crippen LogP contribution in [-0.4, -0.2) is 25.0 Å². The molecule has 1 aromatic carbocycles. The van der Waals surface area contributed by atoms with Crippen LogP contribution in [0, 0.1) is 5.82 Å². The van der Waals surface area contributed by atoms with Crippen LogP contribution in [0.5, 0.6) is 0 Å². The molecule has 1 unspecified atom stereocenters. The number of benzene rings is 1. The molecule has 0 aliphatic rings. The minimum Gasteiger partial charge on any atom is -0.316 e. The number of hydrogen-bond acceptors (Lipinski definition) is 2. The maximum atomic E-state index is 13.3. The van der Waals surface area contributed by atoms with Gasteiger partial charge in [-0.1, -0.05) is 12.1 Å². The lowest BCUT2D eigenvalue weighted by atomic mass is 10.2. The van der Waals surface area contributed by atoms with Crippen LogP contribution in [0.15, 0.2) is 29.2 Å². The molecule has 1 rings (SSSR count). The van der Waals surface area contributed by atoms with E-state index in [4.69, 9.17) is 0 Å². The van der Waals surface area contributed by atoms with Crippen LogP contribution < -0.4 is 5.32 Å². The zero-order valence-electron chi connectivity index (χ0n) is 9.93. The lowest BCUT2D eigenvalue weighted by molar-refractivity contribution is -0.136. The Hall–Kier alpha value is -0.750. The molecule has 0 bridgehead atoms. The summed E-state index contributed by atoms with van der Waals surface area (Å²) >= 11 is 1.23. The molecule has 0 aromatic heterocycles. The molecule has 0 saturated heterocycles. The summed E-state index contributed by atoms with van der Waals surface area (Å²) in [5.74, 6) is 0.0706. The van der Waals surface area contributed by atoms with Crippen LogP contribution >= 0.6 is 11.8 Å². The lowest BCUT2D eigenvalue weighted by Crippen LogP contribution is -2.29. The normalized spacial score (nSPS) is 13.6. The van der Waals surface area contributed by atoms with Crippen LogP contribution in [-0.2, 0) is 0 Å². The molecule has 1 aromatic rings. The minimum atomic E-state index is -4.14. The van der Waals surface area contributed by atoms with Crippen molar-refractivity contribution in [2.45, 2.75) is 30.0 Å². The summed E-state index contributed by atoms with van der Waals surface area (Å²) in [6, 6.07) is 5.97. The Morgan fingerprint density at radius 1 is 1.28 bits per heavy atom. The molecule has 0 amide bonds. The highest BCUT2D eigenvalue weighted by atomic mass is 32.2. The molecule has 1 N–H and O–H groups in total. The number of hydrogen-bond donors (Lipinski definition) is 1. The highest BCUT2D eigenvalue weighted by Gasteiger charge is 2.28. The molecule has 0 radical (unpaired) electrons. The smallest absolute Gasteiger partial charge is 0.316 e. The van der Waals surface area contributed by atoms with Gasteiger partial charge in [0, 0.05) is 23.1 Å². The molecule has 102 valence electrons. The number of rotatable bonds is 6. The van der Waals surface area contributed by atoms with Gasteiger partial charge in [-0.3, -0.25) is 0 Å². The summed E-state index contributed by atoms with van der Waals surface area (Å²) in [5.41, 5.74) is 0. The van der Waals surface area contributed by atoms with Crippen LogP contribution in [0.3, 0.4) is 0 Å². The van der Waals surface area contributed by atoms with Crippen molar-refractivity contribution in [1.29, 1.82) is 0 Å². The molecule has 1 atom stereocenters. The predicted molar refractivity (Wildman–Crippen MR) is 65.3 cm³/mol. The van der Waals surface area contributed by atoms with Crippen LogP contribution in [0.25, 0.3) is 0 Å². The van der Waals surface area contributed by atoms with Crippen molar-refractivity contribution in [3.8, 4) is 0 Å². The minimum absolute atomic E-state index is 0.00144. The van der Waals surface area contributed by atoms with Crippen LogP contribution in [0.1, 0.15) is 12.8 Å². The summed E-state index contributed by atoms with van der Waals surface area (Å²) in [7, 11) is 1.61. The van der Waals surface area contributed by atoms with Gasteiger partial charge in [0.1, 0.15) is 5.82 Å². The molecule has 0 heterocycles. The third kappa shape index (κ3) is 5.73. The first-order valence-corrected chi connectivity index (χ1v) is 6.52. The third-order valence-corrected chi connectivity index (χ3v) is 3.67. The number of nitrogens with one attached hydrogen (secondary N) is 1. The topological polar surface area (TPSA) is 12.0 Å². The molecule has 18 heavy (non-hydrogen) atoms. The fourth-order valence-electron chi connectivity index (χ4n) is 1.40. The average Bonchev–Trinajstić information content (AvgIpc) is 2.30. The summed E-state index contributed by atoms with van der Waals surface area (Å²) in [6.07, 6.45) is -4.96. The van der Waals surface area contributed by atoms with Crippen molar-refractivity contribution in [3.05, 3.63) is 30.1 Å². The van der Waals surface area contributed by atoms with E-state index in [2.05, 4.69) is 5.32 Å². The van der Waals surface area contributed by atoms with Gasteiger partial charge in [-0.2, -0.15) is 13.2 Å². The fraction of sp³-hybridized carbons (Fsp3) is 0.500. The van der Waals surface area contributed by atoms with E-state index in [1.54, 1.807) is 25.2 Å². The zero-order valence-corrected chi connectivity index (χ0v) is 10.7. The van der Waals surface area contributed by atoms with Crippen molar-refractivity contribution in [3.63, 3.8) is 0 Å². The third-order valence-electron chi connectivity index (χ3n) is 2.46. The SMILES string of the molecule is CNC(CCC(F)(F)F)CSc1ccccc1F. The fourth-order valence-corrected chi connectivity index (χ4v) is 2.50. The first-order chi connectivity index (χ1) is 8.42. The van der Waals surface area contributed by atoms with Crippen molar-refractivity contribution >= 4 is 11.8 Å². The van der Waals surface area contributed by atoms with Gasteiger partial charge in [-0.15, -0.1) is 11.8 Å². The monoisotopic (exact) mass is 281 g/mol. The highest BCUT2D eigenvalue weighted by molar-refractivity contribution is 7.99. The second kappa shape index (κ2) is 6.99. The molecule has 1 nitrogen and oxygen atoms in total. The van der Waals surface area contributed by atoms with E-state index in [-0.39, 0.29) is 18.3 Å². The molecule has 0 spiro atoms. The quantitative estimate of drug-likeness (QED) is 0.628. The van der Waals surface area contributed by atoms with Gasteiger partial charge in [0.2, 0.25) is 0 Å². The van der Waals surface area contributed by atoms with E-state index in [9.17, 15) is 17.6 Å². The zero-order chi connectivity index (χ0) is 13.6. The van der Waals surface area contributed by atoms with Gasteiger partial charge in [0.25, 0.3) is 0 Å². The first-order valence-electron chi connectivity index (χ1n) is 5.53. The number of alkyl halides is 3. The molecule has 0 aliphatic heterocycles. The van der Waals surface area contributed by atoms with E-state index in [1.807, 2.05) is 0 Å². The van der Waals surface area contributed by atoms with Crippen molar-refractivity contribution in [2.24, 2.45) is 0 Å². The van der Waals surface area contributed by atoms with Gasteiger partial charge in [0.05, 0.1) is 0 Å². The highest BCUT2D eigenvalue weighted by Crippen LogP contribution is 2.26. The second-order valence-corrected chi connectivity index (χ2v) is 4.94. The van der Waals surface area contributed by atoms with Crippen LogP contribution in [0.2, 0.25) is 0 Å². The molecular weight excluding hydrogens is 266 g/mol. The summed E-state index contributed by atoms with van der Waals surface area (Å²) < 4.78 is 49.6. The molecular formula is C12H15F4NS. The second-order valence-electron chi connectivity index (χ2n) is 3.88. The Balaban J connectivity index is 2.43. The Labute approximate surface area is 108 Å². The van der Waals surface area contributed by atoms with E-state index < -0.39 is 12.6 Å². The van der Waals surface area contributed by atoms with E-state index >= 15 is 0 Å². The number of thioether (sulfide) groups is 1. The molecule has 0 fully saturated rings. The maximum absolute atomic E-state index is 13.3. The van der Waals surface area contributed by atoms with E-state index in [0.29, 0.717) is 10.6 Å². The van der Waals surface area contributed by atoms with Crippen molar-refractivity contribution < 1.29 is 17.6 Å². The van der Waals surface area contributed by atoms with Gasteiger partial charge >= 0.3 is 6.18 Å². The Bertz CT molecular complexity index is 367. The van der Waals surface area contributed by atoms with E-state index in [0.717, 1.165) is 0 Å². The Morgan fingerprint density at radius 2 is 1.94 bits per heavy atom. The van der Waals surface area contributed by atoms with Crippen molar-refractivity contribution in [1.82, 2.24) is 5.32 Å². The van der Waals surface area contributed by atoms with Gasteiger partial charge < -0.3 is 5.32 Å². The molecule has 0 saturated carbocycles. The van der Waals surface area contributed by atoms with Crippen LogP contribution in [0.4, 0.5) is 17.6 Å². The van der Waals surface area contributed by atoms with Gasteiger partial charge in [0.15, 0.2) is 0 Å². The molecule has 6 heteroatoms. The first kappa shape index (κ1) is 15.3. The number of halogens is 4. The van der Waals surface area contributed by atoms with Crippen molar-refractivity contribution in [2.75, 3.05) is 12.8 Å². The van der Waals surface area contributed by atoms with Gasteiger partial charge in [-0.05, 0) is 25.6 Å². The molecule has 0 aliphatic carbocycles.